The van der Waals surface area contributed by atoms with E-state index >= 15 is 0 Å². The number of amides is 1. The quantitative estimate of drug-likeness (QED) is 0.715. The van der Waals surface area contributed by atoms with Gasteiger partial charge < -0.3 is 9.33 Å². The van der Waals surface area contributed by atoms with Gasteiger partial charge >= 0.3 is 0 Å². The summed E-state index contributed by atoms with van der Waals surface area (Å²) in [6.45, 7) is 6.59. The molecule has 1 saturated heterocycles. The number of nitrogens with zero attached hydrogens (tertiary/aromatic N) is 1. The van der Waals surface area contributed by atoms with Crippen LogP contribution in [0.4, 0.5) is 0 Å². The Bertz CT molecular complexity index is 405. The molecule has 1 aliphatic heterocycles. The van der Waals surface area contributed by atoms with Crippen molar-refractivity contribution in [2.75, 3.05) is 12.8 Å². The zero-order chi connectivity index (χ0) is 12.5. The van der Waals surface area contributed by atoms with Crippen LogP contribution < -0.4 is 0 Å². The second-order valence-electron chi connectivity index (χ2n) is 5.14. The summed E-state index contributed by atoms with van der Waals surface area (Å²) < 4.78 is 5.96. The third-order valence-corrected chi connectivity index (χ3v) is 5.20. The lowest BCUT2D eigenvalue weighted by Crippen LogP contribution is -2.54. The first-order valence-electron chi connectivity index (χ1n) is 5.96. The summed E-state index contributed by atoms with van der Waals surface area (Å²) in [6.07, 6.45) is 0.780. The van der Waals surface area contributed by atoms with Gasteiger partial charge in [-0.1, -0.05) is 30.3 Å². The van der Waals surface area contributed by atoms with Crippen molar-refractivity contribution in [1.82, 2.24) is 4.90 Å². The number of carbonyl (C=O) groups is 1. The van der Waals surface area contributed by atoms with Crippen LogP contribution in [0.15, 0.2) is 30.3 Å². The van der Waals surface area contributed by atoms with Gasteiger partial charge in [0.15, 0.2) is 0 Å². The number of carbonyl (C=O) groups excluding carboxylic acids is 1. The van der Waals surface area contributed by atoms with Crippen molar-refractivity contribution in [1.29, 1.82) is 0 Å². The van der Waals surface area contributed by atoms with Gasteiger partial charge in [0.1, 0.15) is 0 Å². The van der Waals surface area contributed by atoms with E-state index in [9.17, 15) is 4.79 Å². The molecule has 0 saturated carbocycles. The maximum atomic E-state index is 11.8. The van der Waals surface area contributed by atoms with Crippen LogP contribution >= 0.6 is 0 Å². The monoisotopic (exact) mass is 249 g/mol. The topological polar surface area (TPSA) is 29.5 Å². The van der Waals surface area contributed by atoms with Crippen molar-refractivity contribution >= 4 is 14.2 Å². The van der Waals surface area contributed by atoms with Crippen LogP contribution in [-0.2, 0) is 9.22 Å². The summed E-state index contributed by atoms with van der Waals surface area (Å²) in [5, 5.41) is 0. The van der Waals surface area contributed by atoms with Crippen molar-refractivity contribution in [3.63, 3.8) is 0 Å². The van der Waals surface area contributed by atoms with Crippen molar-refractivity contribution in [2.45, 2.75) is 26.1 Å². The number of benzene rings is 1. The van der Waals surface area contributed by atoms with Crippen LogP contribution in [0, 0.1) is 0 Å². The maximum Gasteiger partial charge on any atom is 0.219 e. The Labute approximate surface area is 104 Å². The highest BCUT2D eigenvalue weighted by atomic mass is 28.4. The molecule has 1 aromatic rings. The number of hydrogen-bond donors (Lipinski definition) is 0. The second-order valence-corrected chi connectivity index (χ2v) is 9.27. The summed E-state index contributed by atoms with van der Waals surface area (Å²) in [4.78, 5) is 13.7. The Morgan fingerprint density at radius 3 is 2.59 bits per heavy atom. The fourth-order valence-corrected chi connectivity index (χ4v) is 4.21. The van der Waals surface area contributed by atoms with E-state index in [0.717, 1.165) is 11.7 Å². The Balaban J connectivity index is 2.25. The van der Waals surface area contributed by atoms with Crippen LogP contribution in [-0.4, -0.2) is 31.9 Å². The second kappa shape index (κ2) is 4.62. The summed E-state index contributed by atoms with van der Waals surface area (Å²) in [6, 6.07) is 10.2. The fraction of sp³-hybridized carbons (Fsp3) is 0.462. The molecule has 0 bridgehead atoms. The Morgan fingerprint density at radius 2 is 2.00 bits per heavy atom. The smallest absolute Gasteiger partial charge is 0.219 e. The molecule has 0 aliphatic carbocycles. The maximum absolute atomic E-state index is 11.8. The molecule has 1 heterocycles. The number of hydrogen-bond acceptors (Lipinski definition) is 2. The van der Waals surface area contributed by atoms with E-state index in [1.54, 1.807) is 6.92 Å². The molecule has 1 aliphatic rings. The molecule has 1 unspecified atom stereocenters. The highest BCUT2D eigenvalue weighted by Gasteiger charge is 2.37. The van der Waals surface area contributed by atoms with Crippen molar-refractivity contribution in [3.05, 3.63) is 35.9 Å². The standard InChI is InChI=1S/C13H19NO2Si/c1-11(15)14-10-17(2,3)16-9-13(14)12-7-5-4-6-8-12/h4-8,13H,9-10H2,1-3H3. The highest BCUT2D eigenvalue weighted by molar-refractivity contribution is 6.71. The average molecular weight is 249 g/mol. The lowest BCUT2D eigenvalue weighted by Gasteiger charge is -2.42. The molecule has 3 nitrogen and oxygen atoms in total. The molecule has 1 amide bonds. The van der Waals surface area contributed by atoms with Crippen LogP contribution in [0.25, 0.3) is 0 Å². The molecule has 1 fully saturated rings. The average Bonchev–Trinajstić information content (AvgIpc) is 2.29. The van der Waals surface area contributed by atoms with Gasteiger partial charge in [-0.2, -0.15) is 0 Å². The van der Waals surface area contributed by atoms with Gasteiger partial charge in [0, 0.05) is 13.1 Å². The van der Waals surface area contributed by atoms with Crippen LogP contribution in [0.3, 0.4) is 0 Å². The molecule has 17 heavy (non-hydrogen) atoms. The summed E-state index contributed by atoms with van der Waals surface area (Å²) >= 11 is 0. The molecule has 0 N–H and O–H groups in total. The fourth-order valence-electron chi connectivity index (χ4n) is 2.24. The predicted molar refractivity (Wildman–Crippen MR) is 70.0 cm³/mol. The van der Waals surface area contributed by atoms with E-state index in [2.05, 4.69) is 25.2 Å². The van der Waals surface area contributed by atoms with E-state index in [4.69, 9.17) is 4.43 Å². The Kier molecular flexibility index (Phi) is 3.35. The number of rotatable bonds is 1. The van der Waals surface area contributed by atoms with Crippen molar-refractivity contribution < 1.29 is 9.22 Å². The largest absolute Gasteiger partial charge is 0.413 e. The van der Waals surface area contributed by atoms with Gasteiger partial charge in [0.05, 0.1) is 12.6 Å². The van der Waals surface area contributed by atoms with E-state index in [1.807, 2.05) is 23.1 Å². The van der Waals surface area contributed by atoms with Crippen molar-refractivity contribution in [3.8, 4) is 0 Å². The molecular formula is C13H19NO2Si. The summed E-state index contributed by atoms with van der Waals surface area (Å²) in [5.74, 6) is 0.141. The Hall–Kier alpha value is -1.13. The third kappa shape index (κ3) is 2.76. The first-order chi connectivity index (χ1) is 7.99. The van der Waals surface area contributed by atoms with Crippen LogP contribution in [0.1, 0.15) is 18.5 Å². The highest BCUT2D eigenvalue weighted by Crippen LogP contribution is 2.28. The molecule has 92 valence electrons. The normalized spacial score (nSPS) is 23.5. The van der Waals surface area contributed by atoms with Gasteiger partial charge in [-0.3, -0.25) is 4.79 Å². The van der Waals surface area contributed by atoms with E-state index in [-0.39, 0.29) is 11.9 Å². The SMILES string of the molecule is CC(=O)N1C[Si](C)(C)OCC1c1ccccc1. The van der Waals surface area contributed by atoms with Crippen LogP contribution in [0.5, 0.6) is 0 Å². The van der Waals surface area contributed by atoms with Crippen LogP contribution in [0.2, 0.25) is 13.1 Å². The molecule has 0 spiro atoms. The van der Waals surface area contributed by atoms with E-state index in [0.29, 0.717) is 6.61 Å². The lowest BCUT2D eigenvalue weighted by atomic mass is 10.1. The zero-order valence-corrected chi connectivity index (χ0v) is 11.6. The van der Waals surface area contributed by atoms with Gasteiger partial charge in [0.2, 0.25) is 14.2 Å². The van der Waals surface area contributed by atoms with E-state index in [1.165, 1.54) is 0 Å². The lowest BCUT2D eigenvalue weighted by molar-refractivity contribution is -0.132. The van der Waals surface area contributed by atoms with Gasteiger partial charge in [0.25, 0.3) is 0 Å². The third-order valence-electron chi connectivity index (χ3n) is 3.15. The first-order valence-corrected chi connectivity index (χ1v) is 9.07. The first kappa shape index (κ1) is 12.3. The van der Waals surface area contributed by atoms with E-state index < -0.39 is 8.32 Å². The molecule has 2 rings (SSSR count). The minimum atomic E-state index is -1.69. The minimum Gasteiger partial charge on any atom is -0.413 e. The molecular weight excluding hydrogens is 230 g/mol. The minimum absolute atomic E-state index is 0.0780. The summed E-state index contributed by atoms with van der Waals surface area (Å²) in [7, 11) is -1.69. The Morgan fingerprint density at radius 1 is 1.35 bits per heavy atom. The van der Waals surface area contributed by atoms with Gasteiger partial charge in [-0.15, -0.1) is 0 Å². The molecule has 0 aromatic heterocycles. The molecule has 4 heteroatoms. The predicted octanol–water partition coefficient (Wildman–Crippen LogP) is 2.35. The zero-order valence-electron chi connectivity index (χ0n) is 10.6. The van der Waals surface area contributed by atoms with Gasteiger partial charge in [-0.05, 0) is 18.7 Å². The molecule has 0 radical (unpaired) electrons. The van der Waals surface area contributed by atoms with Gasteiger partial charge in [-0.25, -0.2) is 0 Å². The van der Waals surface area contributed by atoms with Crippen molar-refractivity contribution in [2.24, 2.45) is 0 Å². The molecule has 1 atom stereocenters. The summed E-state index contributed by atoms with van der Waals surface area (Å²) in [5.41, 5.74) is 1.16. The molecule has 1 aromatic carbocycles.